The van der Waals surface area contributed by atoms with Crippen LogP contribution >= 0.6 is 0 Å². The molecule has 7 heteroatoms. The lowest BCUT2D eigenvalue weighted by Crippen LogP contribution is -2.45. The van der Waals surface area contributed by atoms with Crippen LogP contribution in [0.15, 0.2) is 0 Å². The van der Waals surface area contributed by atoms with Gasteiger partial charge in [0.05, 0.1) is 6.61 Å². The van der Waals surface area contributed by atoms with Gasteiger partial charge in [0, 0.05) is 26.2 Å². The zero-order chi connectivity index (χ0) is 15.3. The molecule has 2 fully saturated rings. The first-order valence-electron chi connectivity index (χ1n) is 7.97. The van der Waals surface area contributed by atoms with E-state index in [0.717, 1.165) is 32.4 Å². The molecule has 2 rings (SSSR count). The highest BCUT2D eigenvalue weighted by Gasteiger charge is 2.33. The number of methoxy groups -OCH3 is 1. The van der Waals surface area contributed by atoms with Crippen LogP contribution in [0.2, 0.25) is 0 Å². The number of nitrogens with zero attached hydrogens (tertiary/aromatic N) is 2. The average molecular weight is 319 g/mol. The average Bonchev–Trinajstić information content (AvgIpc) is 2.90. The zero-order valence-electron chi connectivity index (χ0n) is 13.3. The normalized spacial score (nSPS) is 26.5. The molecule has 0 aromatic rings. The van der Waals surface area contributed by atoms with Gasteiger partial charge in [0.2, 0.25) is 0 Å². The van der Waals surface area contributed by atoms with Crippen LogP contribution in [0.3, 0.4) is 0 Å². The van der Waals surface area contributed by atoms with Crippen molar-refractivity contribution in [1.29, 1.82) is 0 Å². The molecule has 124 valence electrons. The molecular weight excluding hydrogens is 290 g/mol. The second kappa shape index (κ2) is 7.87. The molecule has 0 amide bonds. The van der Waals surface area contributed by atoms with Gasteiger partial charge >= 0.3 is 0 Å². The van der Waals surface area contributed by atoms with Gasteiger partial charge in [-0.1, -0.05) is 0 Å². The van der Waals surface area contributed by atoms with Crippen LogP contribution in [0, 0.1) is 5.92 Å². The molecule has 1 unspecified atom stereocenters. The molecule has 0 aliphatic carbocycles. The predicted octanol–water partition coefficient (Wildman–Crippen LogP) is 0.664. The van der Waals surface area contributed by atoms with Gasteiger partial charge in [-0.25, -0.2) is 4.72 Å². The van der Waals surface area contributed by atoms with Gasteiger partial charge in [-0.2, -0.15) is 12.7 Å². The third kappa shape index (κ3) is 4.89. The van der Waals surface area contributed by atoms with Crippen LogP contribution in [0.1, 0.15) is 32.1 Å². The largest absolute Gasteiger partial charge is 0.383 e. The molecule has 21 heavy (non-hydrogen) atoms. The van der Waals surface area contributed by atoms with Gasteiger partial charge in [-0.3, -0.25) is 0 Å². The molecule has 0 aromatic carbocycles. The molecule has 0 bridgehead atoms. The van der Waals surface area contributed by atoms with Crippen molar-refractivity contribution in [3.05, 3.63) is 0 Å². The molecule has 0 saturated carbocycles. The van der Waals surface area contributed by atoms with E-state index >= 15 is 0 Å². The number of nitrogens with one attached hydrogen (secondary N) is 1. The fourth-order valence-electron chi connectivity index (χ4n) is 3.31. The monoisotopic (exact) mass is 319 g/mol. The molecule has 2 aliphatic rings. The van der Waals surface area contributed by atoms with Gasteiger partial charge < -0.3 is 9.64 Å². The van der Waals surface area contributed by atoms with E-state index in [-0.39, 0.29) is 6.04 Å². The maximum Gasteiger partial charge on any atom is 0.279 e. The molecule has 0 aromatic heterocycles. The third-order valence-corrected chi connectivity index (χ3v) is 6.33. The molecule has 2 saturated heterocycles. The van der Waals surface area contributed by atoms with E-state index in [4.69, 9.17) is 4.74 Å². The van der Waals surface area contributed by atoms with Crippen molar-refractivity contribution in [1.82, 2.24) is 13.9 Å². The lowest BCUT2D eigenvalue weighted by Gasteiger charge is -2.29. The first-order chi connectivity index (χ1) is 10.0. The molecule has 2 aliphatic heterocycles. The van der Waals surface area contributed by atoms with Crippen LogP contribution < -0.4 is 4.72 Å². The standard InChI is InChI=1S/C14H29N3O3S/c1-16-10-6-13(7-11-16)5-8-15-21(18,19)17-9-3-4-14(17)12-20-2/h13-15H,3-12H2,1-2H3. The zero-order valence-corrected chi connectivity index (χ0v) is 14.1. The van der Waals surface area contributed by atoms with Crippen molar-refractivity contribution >= 4 is 10.2 Å². The lowest BCUT2D eigenvalue weighted by atomic mass is 9.94. The summed E-state index contributed by atoms with van der Waals surface area (Å²) in [5.74, 6) is 0.650. The quantitative estimate of drug-likeness (QED) is 0.749. The fraction of sp³-hybridized carbons (Fsp3) is 1.00. The fourth-order valence-corrected chi connectivity index (χ4v) is 4.78. The smallest absolute Gasteiger partial charge is 0.279 e. The Morgan fingerprint density at radius 3 is 2.57 bits per heavy atom. The molecule has 1 N–H and O–H groups in total. The number of hydrogen-bond donors (Lipinski definition) is 1. The molecular formula is C14H29N3O3S. The Hall–Kier alpha value is -0.210. The summed E-state index contributed by atoms with van der Waals surface area (Å²) in [5.41, 5.74) is 0. The minimum Gasteiger partial charge on any atom is -0.383 e. The van der Waals surface area contributed by atoms with Crippen LogP contribution in [-0.4, -0.2) is 70.6 Å². The molecule has 0 radical (unpaired) electrons. The summed E-state index contributed by atoms with van der Waals surface area (Å²) >= 11 is 0. The number of ether oxygens (including phenoxy) is 1. The van der Waals surface area contributed by atoms with E-state index in [0.29, 0.717) is 25.6 Å². The van der Waals surface area contributed by atoms with Crippen molar-refractivity contribution in [2.24, 2.45) is 5.92 Å². The summed E-state index contributed by atoms with van der Waals surface area (Å²) in [5, 5.41) is 0. The minimum atomic E-state index is -3.35. The summed E-state index contributed by atoms with van der Waals surface area (Å²) in [7, 11) is 0.413. The topological polar surface area (TPSA) is 61.9 Å². The van der Waals surface area contributed by atoms with Crippen LogP contribution in [-0.2, 0) is 14.9 Å². The van der Waals surface area contributed by atoms with E-state index in [2.05, 4.69) is 16.7 Å². The van der Waals surface area contributed by atoms with E-state index in [1.807, 2.05) is 0 Å². The highest BCUT2D eigenvalue weighted by Crippen LogP contribution is 2.21. The van der Waals surface area contributed by atoms with Gasteiger partial charge in [0.15, 0.2) is 0 Å². The van der Waals surface area contributed by atoms with Gasteiger partial charge in [-0.05, 0) is 58.2 Å². The summed E-state index contributed by atoms with van der Waals surface area (Å²) in [6, 6.07) is -0.00386. The second-order valence-electron chi connectivity index (χ2n) is 6.30. The van der Waals surface area contributed by atoms with E-state index in [1.165, 1.54) is 12.8 Å². The SMILES string of the molecule is COCC1CCCN1S(=O)(=O)NCCC1CCN(C)CC1. The van der Waals surface area contributed by atoms with Crippen molar-refractivity contribution in [3.63, 3.8) is 0 Å². The van der Waals surface area contributed by atoms with Crippen molar-refractivity contribution in [2.45, 2.75) is 38.1 Å². The Labute approximate surface area is 129 Å². The predicted molar refractivity (Wildman–Crippen MR) is 83.4 cm³/mol. The minimum absolute atomic E-state index is 0.00386. The highest BCUT2D eigenvalue weighted by molar-refractivity contribution is 7.87. The molecule has 6 nitrogen and oxygen atoms in total. The Balaban J connectivity index is 1.76. The van der Waals surface area contributed by atoms with Gasteiger partial charge in [0.25, 0.3) is 10.2 Å². The molecule has 0 spiro atoms. The van der Waals surface area contributed by atoms with E-state index < -0.39 is 10.2 Å². The Morgan fingerprint density at radius 2 is 1.90 bits per heavy atom. The molecule has 1 atom stereocenters. The first-order valence-corrected chi connectivity index (χ1v) is 9.41. The Bertz CT molecular complexity index is 408. The summed E-state index contributed by atoms with van der Waals surface area (Å²) in [6.07, 6.45) is 5.10. The van der Waals surface area contributed by atoms with Crippen LogP contribution in [0.25, 0.3) is 0 Å². The maximum atomic E-state index is 12.4. The van der Waals surface area contributed by atoms with E-state index in [1.54, 1.807) is 11.4 Å². The number of rotatable bonds is 7. The van der Waals surface area contributed by atoms with E-state index in [9.17, 15) is 8.42 Å². The highest BCUT2D eigenvalue weighted by atomic mass is 32.2. The van der Waals surface area contributed by atoms with Crippen LogP contribution in [0.5, 0.6) is 0 Å². The van der Waals surface area contributed by atoms with Gasteiger partial charge in [0.1, 0.15) is 0 Å². The Kier molecular flexibility index (Phi) is 6.43. The lowest BCUT2D eigenvalue weighted by molar-refractivity contribution is 0.148. The number of hydrogen-bond acceptors (Lipinski definition) is 4. The Morgan fingerprint density at radius 1 is 1.19 bits per heavy atom. The van der Waals surface area contributed by atoms with Crippen LogP contribution in [0.4, 0.5) is 0 Å². The van der Waals surface area contributed by atoms with Gasteiger partial charge in [-0.15, -0.1) is 0 Å². The van der Waals surface area contributed by atoms with Crippen molar-refractivity contribution in [3.8, 4) is 0 Å². The summed E-state index contributed by atoms with van der Waals surface area (Å²) in [6.45, 7) is 3.89. The van der Waals surface area contributed by atoms with Crippen molar-refractivity contribution in [2.75, 3.05) is 46.9 Å². The third-order valence-electron chi connectivity index (χ3n) is 4.67. The summed E-state index contributed by atoms with van der Waals surface area (Å²) in [4.78, 5) is 2.33. The maximum absolute atomic E-state index is 12.4. The summed E-state index contributed by atoms with van der Waals surface area (Å²) < 4.78 is 34.2. The number of likely N-dealkylation sites (tertiary alicyclic amines) is 1. The second-order valence-corrected chi connectivity index (χ2v) is 8.00. The first kappa shape index (κ1) is 17.1. The number of piperidine rings is 1. The van der Waals surface area contributed by atoms with Crippen molar-refractivity contribution < 1.29 is 13.2 Å². The molecule has 2 heterocycles.